The molecule has 0 unspecified atom stereocenters. The third-order valence-corrected chi connectivity index (χ3v) is 3.05. The van der Waals surface area contributed by atoms with Gasteiger partial charge in [-0.25, -0.2) is 9.97 Å². The summed E-state index contributed by atoms with van der Waals surface area (Å²) >= 11 is 0. The first kappa shape index (κ1) is 14.7. The van der Waals surface area contributed by atoms with Gasteiger partial charge in [0.2, 0.25) is 5.88 Å². The van der Waals surface area contributed by atoms with Crippen LogP contribution in [0.25, 0.3) is 0 Å². The lowest BCUT2D eigenvalue weighted by Crippen LogP contribution is -2.06. The zero-order valence-corrected chi connectivity index (χ0v) is 11.8. The van der Waals surface area contributed by atoms with Crippen LogP contribution in [0.15, 0.2) is 6.33 Å². The van der Waals surface area contributed by atoms with Crippen molar-refractivity contribution in [1.82, 2.24) is 9.97 Å². The van der Waals surface area contributed by atoms with Crippen molar-refractivity contribution in [1.29, 1.82) is 0 Å². The summed E-state index contributed by atoms with van der Waals surface area (Å²) in [6, 6.07) is 0. The molecule has 1 aromatic rings. The molecule has 0 aliphatic carbocycles. The maximum absolute atomic E-state index is 5.17. The molecule has 0 spiro atoms. The summed E-state index contributed by atoms with van der Waals surface area (Å²) in [7, 11) is 1.63. The monoisotopic (exact) mass is 251 g/mol. The van der Waals surface area contributed by atoms with Gasteiger partial charge in [0.05, 0.1) is 12.7 Å². The van der Waals surface area contributed by atoms with Crippen molar-refractivity contribution >= 4 is 5.82 Å². The zero-order valence-electron chi connectivity index (χ0n) is 11.8. The van der Waals surface area contributed by atoms with E-state index < -0.39 is 0 Å². The maximum Gasteiger partial charge on any atom is 0.221 e. The van der Waals surface area contributed by atoms with Crippen molar-refractivity contribution in [3.63, 3.8) is 0 Å². The molecule has 1 aromatic heterocycles. The third-order valence-electron chi connectivity index (χ3n) is 3.05. The standard InChI is InChI=1S/C14H25N3O/c1-4-5-6-7-8-9-10-15-13-12(2)14(18-3)17-11-16-13/h11H,4-10H2,1-3H3,(H,15,16,17). The Balaban J connectivity index is 2.23. The highest BCUT2D eigenvalue weighted by atomic mass is 16.5. The van der Waals surface area contributed by atoms with Crippen molar-refractivity contribution in [2.75, 3.05) is 19.0 Å². The van der Waals surface area contributed by atoms with Gasteiger partial charge in [0.25, 0.3) is 0 Å². The van der Waals surface area contributed by atoms with Crippen LogP contribution in [0, 0.1) is 6.92 Å². The fourth-order valence-corrected chi connectivity index (χ4v) is 1.93. The molecule has 1 N–H and O–H groups in total. The number of hydrogen-bond donors (Lipinski definition) is 1. The van der Waals surface area contributed by atoms with E-state index >= 15 is 0 Å². The summed E-state index contributed by atoms with van der Waals surface area (Å²) in [5, 5.41) is 3.35. The maximum atomic E-state index is 5.17. The van der Waals surface area contributed by atoms with E-state index in [-0.39, 0.29) is 0 Å². The molecule has 0 aliphatic rings. The Labute approximate surface area is 110 Å². The van der Waals surface area contributed by atoms with Gasteiger partial charge in [0.1, 0.15) is 12.1 Å². The number of nitrogens with one attached hydrogen (secondary N) is 1. The van der Waals surface area contributed by atoms with Crippen LogP contribution in [0.2, 0.25) is 0 Å². The Hall–Kier alpha value is -1.32. The van der Waals surface area contributed by atoms with Crippen LogP contribution in [-0.4, -0.2) is 23.6 Å². The molecule has 0 saturated heterocycles. The molecule has 4 heteroatoms. The van der Waals surface area contributed by atoms with Gasteiger partial charge in [0, 0.05) is 6.54 Å². The summed E-state index contributed by atoms with van der Waals surface area (Å²) in [5.74, 6) is 1.53. The molecule has 0 atom stereocenters. The summed E-state index contributed by atoms with van der Waals surface area (Å²) in [6.07, 6.45) is 9.37. The first-order valence-electron chi connectivity index (χ1n) is 6.89. The van der Waals surface area contributed by atoms with E-state index in [9.17, 15) is 0 Å². The first-order valence-corrected chi connectivity index (χ1v) is 6.89. The van der Waals surface area contributed by atoms with Crippen LogP contribution >= 0.6 is 0 Å². The van der Waals surface area contributed by atoms with Crippen molar-refractivity contribution in [2.24, 2.45) is 0 Å². The van der Waals surface area contributed by atoms with Gasteiger partial charge in [-0.05, 0) is 13.3 Å². The van der Waals surface area contributed by atoms with Gasteiger partial charge in [0.15, 0.2) is 0 Å². The average molecular weight is 251 g/mol. The SMILES string of the molecule is CCCCCCCCNc1ncnc(OC)c1C. The molecular formula is C14H25N3O. The normalized spacial score (nSPS) is 10.4. The van der Waals surface area contributed by atoms with Gasteiger partial charge in [-0.1, -0.05) is 39.0 Å². The second-order valence-electron chi connectivity index (χ2n) is 4.55. The minimum atomic E-state index is 0.649. The zero-order chi connectivity index (χ0) is 13.2. The third kappa shape index (κ3) is 4.90. The largest absolute Gasteiger partial charge is 0.481 e. The fourth-order valence-electron chi connectivity index (χ4n) is 1.93. The average Bonchev–Trinajstić information content (AvgIpc) is 2.39. The first-order chi connectivity index (χ1) is 8.79. The van der Waals surface area contributed by atoms with E-state index in [1.165, 1.54) is 44.9 Å². The number of nitrogens with zero attached hydrogens (tertiary/aromatic N) is 2. The van der Waals surface area contributed by atoms with E-state index in [1.54, 1.807) is 7.11 Å². The number of ether oxygens (including phenoxy) is 1. The fraction of sp³-hybridized carbons (Fsp3) is 0.714. The predicted molar refractivity (Wildman–Crippen MR) is 75.2 cm³/mol. The van der Waals surface area contributed by atoms with Gasteiger partial charge in [-0.3, -0.25) is 0 Å². The molecule has 0 saturated carbocycles. The molecule has 0 aromatic carbocycles. The molecule has 4 nitrogen and oxygen atoms in total. The van der Waals surface area contributed by atoms with Crippen LogP contribution in [0.4, 0.5) is 5.82 Å². The van der Waals surface area contributed by atoms with Crippen LogP contribution in [0.3, 0.4) is 0 Å². The van der Waals surface area contributed by atoms with Crippen LogP contribution < -0.4 is 10.1 Å². The quantitative estimate of drug-likeness (QED) is 0.682. The highest BCUT2D eigenvalue weighted by Gasteiger charge is 2.05. The van der Waals surface area contributed by atoms with Gasteiger partial charge >= 0.3 is 0 Å². The van der Waals surface area contributed by atoms with E-state index in [4.69, 9.17) is 4.74 Å². The van der Waals surface area contributed by atoms with Crippen molar-refractivity contribution in [3.8, 4) is 5.88 Å². The minimum absolute atomic E-state index is 0.649. The number of aromatic nitrogens is 2. The van der Waals surface area contributed by atoms with E-state index in [1.807, 2.05) is 6.92 Å². The molecule has 1 heterocycles. The smallest absolute Gasteiger partial charge is 0.221 e. The molecule has 0 amide bonds. The number of unbranched alkanes of at least 4 members (excludes halogenated alkanes) is 5. The second-order valence-corrected chi connectivity index (χ2v) is 4.55. The molecule has 0 bridgehead atoms. The topological polar surface area (TPSA) is 47.0 Å². The van der Waals surface area contributed by atoms with Gasteiger partial charge in [-0.15, -0.1) is 0 Å². The summed E-state index contributed by atoms with van der Waals surface area (Å²) < 4.78 is 5.17. The van der Waals surface area contributed by atoms with E-state index in [0.29, 0.717) is 5.88 Å². The molecule has 0 aliphatic heterocycles. The Kier molecular flexibility index (Phi) is 7.14. The predicted octanol–water partition coefficient (Wildman–Crippen LogP) is 3.57. The second kappa shape index (κ2) is 8.72. The molecule has 1 rings (SSSR count). The highest BCUT2D eigenvalue weighted by molar-refractivity contribution is 5.47. The molecule has 0 fully saturated rings. The van der Waals surface area contributed by atoms with Crippen LogP contribution in [0.1, 0.15) is 51.0 Å². The Morgan fingerprint density at radius 1 is 1.11 bits per heavy atom. The van der Waals surface area contributed by atoms with Gasteiger partial charge < -0.3 is 10.1 Å². The Morgan fingerprint density at radius 3 is 2.56 bits per heavy atom. The lowest BCUT2D eigenvalue weighted by Gasteiger charge is -2.10. The number of rotatable bonds is 9. The molecular weight excluding hydrogens is 226 g/mol. The van der Waals surface area contributed by atoms with E-state index in [0.717, 1.165) is 17.9 Å². The van der Waals surface area contributed by atoms with Gasteiger partial charge in [-0.2, -0.15) is 0 Å². The Morgan fingerprint density at radius 2 is 1.83 bits per heavy atom. The lowest BCUT2D eigenvalue weighted by atomic mass is 10.1. The number of methoxy groups -OCH3 is 1. The molecule has 102 valence electrons. The van der Waals surface area contributed by atoms with Crippen molar-refractivity contribution in [3.05, 3.63) is 11.9 Å². The van der Waals surface area contributed by atoms with Crippen LogP contribution in [0.5, 0.6) is 5.88 Å². The number of anilines is 1. The van der Waals surface area contributed by atoms with E-state index in [2.05, 4.69) is 22.2 Å². The molecule has 18 heavy (non-hydrogen) atoms. The summed E-state index contributed by atoms with van der Waals surface area (Å²) in [6.45, 7) is 5.18. The van der Waals surface area contributed by atoms with Crippen LogP contribution in [-0.2, 0) is 0 Å². The minimum Gasteiger partial charge on any atom is -0.481 e. The Bertz CT molecular complexity index is 342. The lowest BCUT2D eigenvalue weighted by molar-refractivity contribution is 0.393. The van der Waals surface area contributed by atoms with Crippen molar-refractivity contribution < 1.29 is 4.74 Å². The van der Waals surface area contributed by atoms with Crippen molar-refractivity contribution in [2.45, 2.75) is 52.4 Å². The number of hydrogen-bond acceptors (Lipinski definition) is 4. The highest BCUT2D eigenvalue weighted by Crippen LogP contribution is 2.19. The summed E-state index contributed by atoms with van der Waals surface area (Å²) in [4.78, 5) is 8.29. The molecule has 0 radical (unpaired) electrons. The summed E-state index contributed by atoms with van der Waals surface area (Å²) in [5.41, 5.74) is 0.978.